The lowest BCUT2D eigenvalue weighted by Crippen LogP contribution is -1.97. The van der Waals surface area contributed by atoms with Gasteiger partial charge in [0.2, 0.25) is 0 Å². The van der Waals surface area contributed by atoms with Gasteiger partial charge >= 0.3 is 5.97 Å². The summed E-state index contributed by atoms with van der Waals surface area (Å²) in [4.78, 5) is 19.7. The highest BCUT2D eigenvalue weighted by Crippen LogP contribution is 2.32. The van der Waals surface area contributed by atoms with Crippen LogP contribution in [-0.4, -0.2) is 21.0 Å². The molecule has 6 heteroatoms. The number of nitrogens with zero attached hydrogens (tertiary/aromatic N) is 2. The lowest BCUT2D eigenvalue weighted by Gasteiger charge is -2.00. The molecule has 4 nitrogen and oxygen atoms in total. The molecule has 104 valence electrons. The zero-order valence-corrected chi connectivity index (χ0v) is 13.1. The number of halogens is 1. The van der Waals surface area contributed by atoms with Crippen molar-refractivity contribution in [1.82, 2.24) is 9.97 Å². The van der Waals surface area contributed by atoms with Gasteiger partial charge in [-0.1, -0.05) is 34.1 Å². The Bertz CT molecular complexity index is 817. The first-order valence-corrected chi connectivity index (χ1v) is 7.72. The molecule has 0 bridgehead atoms. The maximum atomic E-state index is 11.0. The van der Waals surface area contributed by atoms with Crippen LogP contribution in [0.4, 0.5) is 0 Å². The predicted octanol–water partition coefficient (Wildman–Crippen LogP) is 4.33. The summed E-state index contributed by atoms with van der Waals surface area (Å²) in [5.41, 5.74) is 2.61. The minimum atomic E-state index is -0.971. The van der Waals surface area contributed by atoms with Crippen LogP contribution in [0.15, 0.2) is 52.4 Å². The van der Waals surface area contributed by atoms with Crippen LogP contribution in [0.3, 0.4) is 0 Å². The Morgan fingerprint density at radius 2 is 2.00 bits per heavy atom. The SMILES string of the molecule is O=C(O)c1ccnc(-c2nc(-c3ccccc3Br)cs2)c1. The molecule has 3 aromatic rings. The summed E-state index contributed by atoms with van der Waals surface area (Å²) in [6.07, 6.45) is 1.48. The summed E-state index contributed by atoms with van der Waals surface area (Å²) in [6, 6.07) is 10.8. The van der Waals surface area contributed by atoms with Gasteiger partial charge in [0.25, 0.3) is 0 Å². The fourth-order valence-corrected chi connectivity index (χ4v) is 3.14. The van der Waals surface area contributed by atoms with E-state index in [0.29, 0.717) is 10.7 Å². The van der Waals surface area contributed by atoms with Gasteiger partial charge in [-0.2, -0.15) is 0 Å². The first-order chi connectivity index (χ1) is 10.1. The van der Waals surface area contributed by atoms with Crippen molar-refractivity contribution >= 4 is 33.2 Å². The Balaban J connectivity index is 2.01. The van der Waals surface area contributed by atoms with E-state index >= 15 is 0 Å². The van der Waals surface area contributed by atoms with Gasteiger partial charge in [-0.15, -0.1) is 11.3 Å². The molecule has 0 aliphatic rings. The smallest absolute Gasteiger partial charge is 0.335 e. The Hall–Kier alpha value is -2.05. The number of carboxylic acid groups (broad SMARTS) is 1. The third kappa shape index (κ3) is 2.86. The van der Waals surface area contributed by atoms with Gasteiger partial charge in [-0.25, -0.2) is 9.78 Å². The van der Waals surface area contributed by atoms with E-state index < -0.39 is 5.97 Å². The molecule has 0 aliphatic heterocycles. The number of rotatable bonds is 3. The fraction of sp³-hybridized carbons (Fsp3) is 0. The molecule has 0 aliphatic carbocycles. The second kappa shape index (κ2) is 5.75. The van der Waals surface area contributed by atoms with E-state index in [2.05, 4.69) is 25.9 Å². The number of pyridine rings is 1. The summed E-state index contributed by atoms with van der Waals surface area (Å²) in [5, 5.41) is 11.7. The van der Waals surface area contributed by atoms with E-state index in [1.807, 2.05) is 29.6 Å². The van der Waals surface area contributed by atoms with Crippen molar-refractivity contribution in [3.63, 3.8) is 0 Å². The van der Waals surface area contributed by atoms with E-state index in [4.69, 9.17) is 5.11 Å². The van der Waals surface area contributed by atoms with Gasteiger partial charge in [0.1, 0.15) is 5.01 Å². The number of hydrogen-bond acceptors (Lipinski definition) is 4. The maximum Gasteiger partial charge on any atom is 0.335 e. The molecule has 0 radical (unpaired) electrons. The van der Waals surface area contributed by atoms with Crippen molar-refractivity contribution in [3.8, 4) is 22.0 Å². The summed E-state index contributed by atoms with van der Waals surface area (Å²) >= 11 is 4.94. The highest BCUT2D eigenvalue weighted by Gasteiger charge is 2.11. The molecule has 3 rings (SSSR count). The number of carboxylic acids is 1. The van der Waals surface area contributed by atoms with Crippen molar-refractivity contribution in [2.24, 2.45) is 0 Å². The van der Waals surface area contributed by atoms with Gasteiger partial charge in [-0.05, 0) is 18.2 Å². The first kappa shape index (κ1) is 13.9. The molecule has 0 spiro atoms. The number of aromatic nitrogens is 2. The van der Waals surface area contributed by atoms with Crippen molar-refractivity contribution in [1.29, 1.82) is 0 Å². The van der Waals surface area contributed by atoms with E-state index in [9.17, 15) is 4.79 Å². The minimum absolute atomic E-state index is 0.206. The summed E-state index contributed by atoms with van der Waals surface area (Å²) in [7, 11) is 0. The van der Waals surface area contributed by atoms with Gasteiger partial charge in [-0.3, -0.25) is 4.98 Å². The molecule has 1 N–H and O–H groups in total. The average molecular weight is 361 g/mol. The van der Waals surface area contributed by atoms with E-state index in [-0.39, 0.29) is 5.56 Å². The molecule has 0 saturated heterocycles. The van der Waals surface area contributed by atoms with Crippen LogP contribution in [0.1, 0.15) is 10.4 Å². The quantitative estimate of drug-likeness (QED) is 0.754. The van der Waals surface area contributed by atoms with E-state index in [1.165, 1.54) is 29.7 Å². The monoisotopic (exact) mass is 360 g/mol. The number of hydrogen-bond donors (Lipinski definition) is 1. The van der Waals surface area contributed by atoms with Crippen LogP contribution >= 0.6 is 27.3 Å². The Morgan fingerprint density at radius 1 is 1.19 bits per heavy atom. The molecule has 0 unspecified atom stereocenters. The van der Waals surface area contributed by atoms with Crippen LogP contribution < -0.4 is 0 Å². The third-order valence-electron chi connectivity index (χ3n) is 2.88. The predicted molar refractivity (Wildman–Crippen MR) is 85.4 cm³/mol. The van der Waals surface area contributed by atoms with E-state index in [1.54, 1.807) is 0 Å². The van der Waals surface area contributed by atoms with Crippen molar-refractivity contribution in [3.05, 3.63) is 58.0 Å². The summed E-state index contributed by atoms with van der Waals surface area (Å²) in [6.45, 7) is 0. The second-order valence-corrected chi connectivity index (χ2v) is 5.97. The average Bonchev–Trinajstić information content (AvgIpc) is 2.97. The first-order valence-electron chi connectivity index (χ1n) is 6.05. The summed E-state index contributed by atoms with van der Waals surface area (Å²) < 4.78 is 0.967. The van der Waals surface area contributed by atoms with Crippen molar-refractivity contribution < 1.29 is 9.90 Å². The van der Waals surface area contributed by atoms with Crippen LogP contribution in [0.25, 0.3) is 22.0 Å². The molecule has 21 heavy (non-hydrogen) atoms. The number of aromatic carboxylic acids is 1. The van der Waals surface area contributed by atoms with Gasteiger partial charge < -0.3 is 5.11 Å². The molecule has 2 heterocycles. The van der Waals surface area contributed by atoms with Gasteiger partial charge in [0, 0.05) is 21.6 Å². The Morgan fingerprint density at radius 3 is 2.76 bits per heavy atom. The van der Waals surface area contributed by atoms with Crippen LogP contribution in [0.5, 0.6) is 0 Å². The molecular formula is C15H9BrN2O2S. The number of benzene rings is 1. The fourth-order valence-electron chi connectivity index (χ4n) is 1.86. The molecule has 0 amide bonds. The lowest BCUT2D eigenvalue weighted by atomic mass is 10.2. The van der Waals surface area contributed by atoms with Gasteiger partial charge in [0.15, 0.2) is 0 Å². The van der Waals surface area contributed by atoms with Crippen LogP contribution in [-0.2, 0) is 0 Å². The largest absolute Gasteiger partial charge is 0.478 e. The van der Waals surface area contributed by atoms with Gasteiger partial charge in [0.05, 0.1) is 17.0 Å². The molecule has 1 aromatic carbocycles. The summed E-state index contributed by atoms with van der Waals surface area (Å²) in [5.74, 6) is -0.971. The van der Waals surface area contributed by atoms with Crippen molar-refractivity contribution in [2.75, 3.05) is 0 Å². The maximum absolute atomic E-state index is 11.0. The van der Waals surface area contributed by atoms with Crippen LogP contribution in [0.2, 0.25) is 0 Å². The lowest BCUT2D eigenvalue weighted by molar-refractivity contribution is 0.0697. The highest BCUT2D eigenvalue weighted by atomic mass is 79.9. The Labute approximate surface area is 133 Å². The minimum Gasteiger partial charge on any atom is -0.478 e. The molecule has 0 atom stereocenters. The van der Waals surface area contributed by atoms with Crippen LogP contribution in [0, 0.1) is 0 Å². The number of carbonyl (C=O) groups is 1. The molecule has 0 saturated carbocycles. The Kier molecular flexibility index (Phi) is 3.81. The van der Waals surface area contributed by atoms with E-state index in [0.717, 1.165) is 15.7 Å². The molecule has 2 aromatic heterocycles. The molecular weight excluding hydrogens is 352 g/mol. The van der Waals surface area contributed by atoms with Crippen molar-refractivity contribution in [2.45, 2.75) is 0 Å². The third-order valence-corrected chi connectivity index (χ3v) is 4.44. The second-order valence-electron chi connectivity index (χ2n) is 4.25. The topological polar surface area (TPSA) is 63.1 Å². The normalized spacial score (nSPS) is 10.5. The zero-order valence-electron chi connectivity index (χ0n) is 10.7. The standard InChI is InChI=1S/C15H9BrN2O2S/c16-11-4-2-1-3-10(11)13-8-21-14(18-13)12-7-9(15(19)20)5-6-17-12/h1-8H,(H,19,20). The molecule has 0 fully saturated rings. The highest BCUT2D eigenvalue weighted by molar-refractivity contribution is 9.10. The number of thiazole rings is 1. The zero-order chi connectivity index (χ0) is 14.8.